The lowest BCUT2D eigenvalue weighted by atomic mass is 10.1. The van der Waals surface area contributed by atoms with Crippen molar-refractivity contribution in [2.45, 2.75) is 13.5 Å². The topological polar surface area (TPSA) is 44.9 Å². The number of halogens is 2. The third-order valence-electron chi connectivity index (χ3n) is 2.63. The monoisotopic (exact) mass is 250 g/mol. The Labute approximate surface area is 103 Å². The molecule has 0 unspecified atom stereocenters. The number of nitrogens with one attached hydrogen (secondary N) is 2. The second-order valence-electron chi connectivity index (χ2n) is 3.96. The van der Waals surface area contributed by atoms with Gasteiger partial charge < -0.3 is 10.3 Å². The molecule has 0 aliphatic heterocycles. The fraction of sp³-hybridized carbons (Fsp3) is 0.154. The predicted octanol–water partition coefficient (Wildman–Crippen LogP) is 2.53. The van der Waals surface area contributed by atoms with Gasteiger partial charge in [0.15, 0.2) is 0 Å². The van der Waals surface area contributed by atoms with E-state index in [1.165, 1.54) is 13.0 Å². The molecule has 0 bridgehead atoms. The van der Waals surface area contributed by atoms with Crippen molar-refractivity contribution in [2.75, 3.05) is 0 Å². The molecule has 0 fully saturated rings. The molecule has 5 heteroatoms. The summed E-state index contributed by atoms with van der Waals surface area (Å²) in [7, 11) is 0. The number of H-pyrrole nitrogens is 1. The highest BCUT2D eigenvalue weighted by atomic mass is 19.1. The van der Waals surface area contributed by atoms with Gasteiger partial charge in [-0.25, -0.2) is 8.78 Å². The summed E-state index contributed by atoms with van der Waals surface area (Å²) in [6.07, 6.45) is 3.40. The molecular formula is C13H12F2N2O. The Balaban J connectivity index is 2.16. The number of aromatic nitrogens is 1. The normalized spacial score (nSPS) is 10.4. The summed E-state index contributed by atoms with van der Waals surface area (Å²) >= 11 is 0. The lowest BCUT2D eigenvalue weighted by Gasteiger charge is -2.07. The molecule has 0 aliphatic rings. The predicted molar refractivity (Wildman–Crippen MR) is 63.1 cm³/mol. The quantitative estimate of drug-likeness (QED) is 0.863. The first-order chi connectivity index (χ1) is 8.59. The molecular weight excluding hydrogens is 238 g/mol. The van der Waals surface area contributed by atoms with Crippen LogP contribution in [0.5, 0.6) is 0 Å². The standard InChI is InChI=1S/C13H12F2N2O/c1-8-2-3-10(14)11(12(8)15)13(18)17-7-9-4-5-16-6-9/h2-6,16H,7H2,1H3,(H,17,18). The summed E-state index contributed by atoms with van der Waals surface area (Å²) in [6, 6.07) is 4.15. The van der Waals surface area contributed by atoms with Gasteiger partial charge >= 0.3 is 0 Å². The molecule has 0 saturated carbocycles. The van der Waals surface area contributed by atoms with Crippen LogP contribution in [-0.2, 0) is 6.54 Å². The molecule has 0 saturated heterocycles. The lowest BCUT2D eigenvalue weighted by Crippen LogP contribution is -2.25. The molecule has 2 aromatic rings. The van der Waals surface area contributed by atoms with Crippen LogP contribution >= 0.6 is 0 Å². The van der Waals surface area contributed by atoms with Crippen molar-refractivity contribution in [1.29, 1.82) is 0 Å². The highest BCUT2D eigenvalue weighted by Crippen LogP contribution is 2.16. The third kappa shape index (κ3) is 2.40. The Bertz CT molecular complexity index is 565. The Morgan fingerprint density at radius 3 is 2.78 bits per heavy atom. The number of aromatic amines is 1. The van der Waals surface area contributed by atoms with E-state index in [0.717, 1.165) is 11.6 Å². The number of rotatable bonds is 3. The van der Waals surface area contributed by atoms with E-state index >= 15 is 0 Å². The van der Waals surface area contributed by atoms with E-state index in [2.05, 4.69) is 10.3 Å². The molecule has 0 aliphatic carbocycles. The van der Waals surface area contributed by atoms with Gasteiger partial charge in [-0.3, -0.25) is 4.79 Å². The highest BCUT2D eigenvalue weighted by molar-refractivity contribution is 5.94. The molecule has 2 rings (SSSR count). The minimum Gasteiger partial charge on any atom is -0.367 e. The molecule has 1 aromatic heterocycles. The van der Waals surface area contributed by atoms with Crippen molar-refractivity contribution < 1.29 is 13.6 Å². The van der Waals surface area contributed by atoms with Crippen molar-refractivity contribution in [3.8, 4) is 0 Å². The minimum absolute atomic E-state index is 0.217. The summed E-state index contributed by atoms with van der Waals surface area (Å²) in [4.78, 5) is 14.6. The summed E-state index contributed by atoms with van der Waals surface area (Å²) < 4.78 is 27.1. The average molecular weight is 250 g/mol. The maximum absolute atomic E-state index is 13.7. The summed E-state index contributed by atoms with van der Waals surface area (Å²) in [5, 5.41) is 2.47. The van der Waals surface area contributed by atoms with Gasteiger partial charge in [-0.1, -0.05) is 6.07 Å². The SMILES string of the molecule is Cc1ccc(F)c(C(=O)NCc2cc[nH]c2)c1F. The Hall–Kier alpha value is -2.17. The molecule has 2 N–H and O–H groups in total. The molecule has 3 nitrogen and oxygen atoms in total. The van der Waals surface area contributed by atoms with Crippen LogP contribution < -0.4 is 5.32 Å². The van der Waals surface area contributed by atoms with Crippen LogP contribution in [0.15, 0.2) is 30.6 Å². The minimum atomic E-state index is -0.857. The Morgan fingerprint density at radius 2 is 2.11 bits per heavy atom. The fourth-order valence-corrected chi connectivity index (χ4v) is 1.60. The van der Waals surface area contributed by atoms with Crippen LogP contribution in [0.25, 0.3) is 0 Å². The van der Waals surface area contributed by atoms with E-state index in [1.54, 1.807) is 18.5 Å². The maximum atomic E-state index is 13.7. The molecule has 1 aromatic carbocycles. The van der Waals surface area contributed by atoms with E-state index in [1.807, 2.05) is 0 Å². The van der Waals surface area contributed by atoms with E-state index in [-0.39, 0.29) is 12.1 Å². The molecule has 1 heterocycles. The van der Waals surface area contributed by atoms with Gasteiger partial charge in [0.05, 0.1) is 0 Å². The van der Waals surface area contributed by atoms with Crippen LogP contribution in [0.2, 0.25) is 0 Å². The first kappa shape index (κ1) is 12.3. The van der Waals surface area contributed by atoms with Crippen LogP contribution in [0.1, 0.15) is 21.5 Å². The van der Waals surface area contributed by atoms with E-state index < -0.39 is 23.1 Å². The maximum Gasteiger partial charge on any atom is 0.257 e. The first-order valence-electron chi connectivity index (χ1n) is 5.44. The van der Waals surface area contributed by atoms with Gasteiger partial charge in [-0.15, -0.1) is 0 Å². The van der Waals surface area contributed by atoms with Crippen LogP contribution in [-0.4, -0.2) is 10.9 Å². The molecule has 0 spiro atoms. The van der Waals surface area contributed by atoms with Gasteiger partial charge in [-0.05, 0) is 30.2 Å². The summed E-state index contributed by atoms with van der Waals surface area (Å²) in [5.74, 6) is -2.43. The second-order valence-corrected chi connectivity index (χ2v) is 3.96. The second kappa shape index (κ2) is 5.00. The van der Waals surface area contributed by atoms with E-state index in [0.29, 0.717) is 0 Å². The summed E-state index contributed by atoms with van der Waals surface area (Å²) in [5.41, 5.74) is 0.533. The van der Waals surface area contributed by atoms with Gasteiger partial charge in [0.2, 0.25) is 0 Å². The molecule has 18 heavy (non-hydrogen) atoms. The van der Waals surface area contributed by atoms with Crippen molar-refractivity contribution in [1.82, 2.24) is 10.3 Å². The zero-order valence-electron chi connectivity index (χ0n) is 9.76. The number of hydrogen-bond donors (Lipinski definition) is 2. The van der Waals surface area contributed by atoms with Gasteiger partial charge in [0.25, 0.3) is 5.91 Å². The summed E-state index contributed by atoms with van der Waals surface area (Å²) in [6.45, 7) is 1.70. The van der Waals surface area contributed by atoms with Gasteiger partial charge in [0.1, 0.15) is 17.2 Å². The number of amides is 1. The van der Waals surface area contributed by atoms with Gasteiger partial charge in [0, 0.05) is 18.9 Å². The number of carbonyl (C=O) groups is 1. The Morgan fingerprint density at radius 1 is 1.33 bits per heavy atom. The molecule has 94 valence electrons. The Kier molecular flexibility index (Phi) is 3.41. The van der Waals surface area contributed by atoms with Gasteiger partial charge in [-0.2, -0.15) is 0 Å². The fourth-order valence-electron chi connectivity index (χ4n) is 1.60. The van der Waals surface area contributed by atoms with Crippen LogP contribution in [0.3, 0.4) is 0 Å². The number of aryl methyl sites for hydroxylation is 1. The van der Waals surface area contributed by atoms with Crippen LogP contribution in [0, 0.1) is 18.6 Å². The third-order valence-corrected chi connectivity index (χ3v) is 2.63. The number of carbonyl (C=O) groups excluding carboxylic acids is 1. The van der Waals surface area contributed by atoms with Crippen molar-refractivity contribution in [3.63, 3.8) is 0 Å². The number of benzene rings is 1. The van der Waals surface area contributed by atoms with Crippen LogP contribution in [0.4, 0.5) is 8.78 Å². The highest BCUT2D eigenvalue weighted by Gasteiger charge is 2.18. The smallest absolute Gasteiger partial charge is 0.257 e. The lowest BCUT2D eigenvalue weighted by molar-refractivity contribution is 0.0942. The molecule has 0 radical (unpaired) electrons. The van der Waals surface area contributed by atoms with Crippen molar-refractivity contribution in [3.05, 3.63) is 58.9 Å². The van der Waals surface area contributed by atoms with Crippen molar-refractivity contribution in [2.24, 2.45) is 0 Å². The zero-order valence-corrected chi connectivity index (χ0v) is 9.76. The average Bonchev–Trinajstić information content (AvgIpc) is 2.85. The zero-order chi connectivity index (χ0) is 13.1. The first-order valence-corrected chi connectivity index (χ1v) is 5.44. The largest absolute Gasteiger partial charge is 0.367 e. The molecule has 1 amide bonds. The van der Waals surface area contributed by atoms with E-state index in [4.69, 9.17) is 0 Å². The van der Waals surface area contributed by atoms with E-state index in [9.17, 15) is 13.6 Å². The van der Waals surface area contributed by atoms with Crippen molar-refractivity contribution >= 4 is 5.91 Å². The number of hydrogen-bond acceptors (Lipinski definition) is 1. The molecule has 0 atom stereocenters.